The van der Waals surface area contributed by atoms with E-state index < -0.39 is 5.41 Å². The molecule has 4 rings (SSSR count). The number of fused-ring (bicyclic) bond motifs is 2. The summed E-state index contributed by atoms with van der Waals surface area (Å²) in [4.78, 5) is 56.0. The number of thioether (sulfide) groups is 1. The van der Waals surface area contributed by atoms with Gasteiger partial charge in [-0.2, -0.15) is 9.50 Å². The molecular weight excluding hydrogens is 440 g/mol. The molecular formula is C19H26N6O6S. The highest BCUT2D eigenvalue weighted by Crippen LogP contribution is 2.41. The third-order valence-corrected chi connectivity index (χ3v) is 6.33. The fourth-order valence-corrected chi connectivity index (χ4v) is 4.67. The number of aryl methyl sites for hydroxylation is 1. The number of carboxylic acid groups (broad SMARTS) is 1. The SMILES string of the molecule is CCCNC(=O)[C@@]12COC[C@@H]1CN(C(=O)CSc1nc3nc(C)cc(=O)n3[nH]1)C2.O=CO. The second-order valence-electron chi connectivity index (χ2n) is 7.69. The van der Waals surface area contributed by atoms with Crippen molar-refractivity contribution >= 4 is 35.8 Å². The van der Waals surface area contributed by atoms with Crippen molar-refractivity contribution in [3.05, 3.63) is 22.1 Å². The van der Waals surface area contributed by atoms with Gasteiger partial charge in [0.15, 0.2) is 5.16 Å². The van der Waals surface area contributed by atoms with E-state index in [1.807, 2.05) is 6.92 Å². The second-order valence-corrected chi connectivity index (χ2v) is 8.66. The maximum absolute atomic E-state index is 12.8. The Kier molecular flexibility index (Phi) is 7.51. The third-order valence-electron chi connectivity index (χ3n) is 5.48. The van der Waals surface area contributed by atoms with E-state index in [0.717, 1.165) is 6.42 Å². The topological polar surface area (TPSA) is 159 Å². The van der Waals surface area contributed by atoms with Crippen LogP contribution in [0.25, 0.3) is 5.78 Å². The highest BCUT2D eigenvalue weighted by atomic mass is 32.2. The molecule has 0 aliphatic carbocycles. The molecule has 2 fully saturated rings. The minimum atomic E-state index is -0.649. The van der Waals surface area contributed by atoms with Crippen molar-refractivity contribution in [3.8, 4) is 0 Å². The van der Waals surface area contributed by atoms with Gasteiger partial charge in [-0.05, 0) is 13.3 Å². The number of likely N-dealkylation sites (tertiary alicyclic amines) is 1. The van der Waals surface area contributed by atoms with Crippen molar-refractivity contribution in [2.24, 2.45) is 11.3 Å². The average Bonchev–Trinajstić information content (AvgIpc) is 3.43. The number of ether oxygens (including phenoxy) is 1. The lowest BCUT2D eigenvalue weighted by Crippen LogP contribution is -2.47. The number of aromatic amines is 1. The van der Waals surface area contributed by atoms with E-state index in [-0.39, 0.29) is 41.3 Å². The average molecular weight is 467 g/mol. The van der Waals surface area contributed by atoms with Gasteiger partial charge in [-0.15, -0.1) is 0 Å². The molecule has 2 aromatic heterocycles. The van der Waals surface area contributed by atoms with E-state index in [9.17, 15) is 14.4 Å². The number of H-pyrrole nitrogens is 1. The Morgan fingerprint density at radius 2 is 2.22 bits per heavy atom. The molecule has 0 radical (unpaired) electrons. The molecule has 2 aliphatic heterocycles. The summed E-state index contributed by atoms with van der Waals surface area (Å²) in [7, 11) is 0. The van der Waals surface area contributed by atoms with Gasteiger partial charge in [0, 0.05) is 37.3 Å². The fraction of sp³-hybridized carbons (Fsp3) is 0.579. The number of nitrogens with zero attached hydrogens (tertiary/aromatic N) is 4. The number of hydrogen-bond donors (Lipinski definition) is 3. The van der Waals surface area contributed by atoms with E-state index >= 15 is 0 Å². The molecule has 174 valence electrons. The molecule has 2 saturated heterocycles. The standard InChI is InChI=1S/C18H24N6O4S.CH2O2/c1-3-4-19-15(27)18-9-23(6-12(18)7-28-10-18)14(26)8-29-17-21-16-20-11(2)5-13(25)24(16)22-17;2-1-3/h5,12H,3-4,6-10H2,1-2H3,(H,19,27)(H,20,21,22);1H,(H,2,3)/t12-,18-;/m0./s1. The number of amides is 2. The zero-order valence-corrected chi connectivity index (χ0v) is 18.7. The maximum atomic E-state index is 12.8. The Bertz CT molecular complexity index is 1050. The summed E-state index contributed by atoms with van der Waals surface area (Å²) in [5.74, 6) is 0.370. The van der Waals surface area contributed by atoms with Crippen LogP contribution < -0.4 is 10.9 Å². The zero-order valence-electron chi connectivity index (χ0n) is 17.9. The molecule has 2 atom stereocenters. The first-order valence-corrected chi connectivity index (χ1v) is 11.1. The zero-order chi connectivity index (χ0) is 23.3. The number of carbonyl (C=O) groups is 3. The lowest BCUT2D eigenvalue weighted by atomic mass is 9.80. The summed E-state index contributed by atoms with van der Waals surface area (Å²) in [5, 5.41) is 13.2. The van der Waals surface area contributed by atoms with Gasteiger partial charge < -0.3 is 20.1 Å². The molecule has 2 aromatic rings. The summed E-state index contributed by atoms with van der Waals surface area (Å²) in [6.07, 6.45) is 0.863. The van der Waals surface area contributed by atoms with Gasteiger partial charge >= 0.3 is 0 Å². The van der Waals surface area contributed by atoms with Crippen LogP contribution in [0.1, 0.15) is 19.0 Å². The molecule has 0 unspecified atom stereocenters. The maximum Gasteiger partial charge on any atom is 0.290 e. The van der Waals surface area contributed by atoms with Crippen LogP contribution in [-0.2, 0) is 19.1 Å². The van der Waals surface area contributed by atoms with Gasteiger partial charge in [0.1, 0.15) is 0 Å². The minimum absolute atomic E-state index is 0.0188. The Balaban J connectivity index is 0.000000913. The molecule has 3 N–H and O–H groups in total. The number of carbonyl (C=O) groups excluding carboxylic acids is 2. The summed E-state index contributed by atoms with van der Waals surface area (Å²) in [5.41, 5.74) is -0.305. The van der Waals surface area contributed by atoms with E-state index in [2.05, 4.69) is 20.4 Å². The van der Waals surface area contributed by atoms with Crippen molar-refractivity contribution in [1.29, 1.82) is 0 Å². The largest absolute Gasteiger partial charge is 0.483 e. The summed E-state index contributed by atoms with van der Waals surface area (Å²) in [6.45, 7) is 5.83. The Morgan fingerprint density at radius 3 is 2.94 bits per heavy atom. The van der Waals surface area contributed by atoms with Gasteiger partial charge in [0.25, 0.3) is 17.8 Å². The molecule has 4 heterocycles. The van der Waals surface area contributed by atoms with Crippen molar-refractivity contribution in [3.63, 3.8) is 0 Å². The first kappa shape index (κ1) is 23.7. The van der Waals surface area contributed by atoms with Gasteiger partial charge in [-0.1, -0.05) is 18.7 Å². The summed E-state index contributed by atoms with van der Waals surface area (Å²) < 4.78 is 6.82. The number of hydrogen-bond acceptors (Lipinski definition) is 8. The van der Waals surface area contributed by atoms with Gasteiger partial charge in [0.2, 0.25) is 11.8 Å². The Labute approximate surface area is 187 Å². The highest BCUT2D eigenvalue weighted by Gasteiger charge is 2.56. The smallest absolute Gasteiger partial charge is 0.290 e. The minimum Gasteiger partial charge on any atom is -0.483 e. The van der Waals surface area contributed by atoms with Gasteiger partial charge in [0.05, 0.1) is 24.4 Å². The van der Waals surface area contributed by atoms with Crippen LogP contribution in [0.2, 0.25) is 0 Å². The molecule has 0 saturated carbocycles. The molecule has 2 aliphatic rings. The molecule has 0 bridgehead atoms. The third kappa shape index (κ3) is 4.78. The summed E-state index contributed by atoms with van der Waals surface area (Å²) in [6, 6.07) is 1.42. The van der Waals surface area contributed by atoms with Crippen LogP contribution in [0.5, 0.6) is 0 Å². The normalized spacial score (nSPS) is 21.7. The Hall–Kier alpha value is -2.93. The molecule has 2 amide bonds. The van der Waals surface area contributed by atoms with E-state index in [1.165, 1.54) is 22.3 Å². The first-order valence-electron chi connectivity index (χ1n) is 10.2. The first-order chi connectivity index (χ1) is 15.3. The quantitative estimate of drug-likeness (QED) is 0.377. The van der Waals surface area contributed by atoms with Crippen molar-refractivity contribution in [1.82, 2.24) is 29.8 Å². The van der Waals surface area contributed by atoms with E-state index in [4.69, 9.17) is 14.6 Å². The van der Waals surface area contributed by atoms with Crippen LogP contribution in [0.4, 0.5) is 0 Å². The Morgan fingerprint density at radius 1 is 1.47 bits per heavy atom. The van der Waals surface area contributed by atoms with Crippen molar-refractivity contribution in [2.45, 2.75) is 25.4 Å². The van der Waals surface area contributed by atoms with Crippen molar-refractivity contribution < 1.29 is 24.2 Å². The monoisotopic (exact) mass is 466 g/mol. The van der Waals surface area contributed by atoms with Crippen LogP contribution >= 0.6 is 11.8 Å². The summed E-state index contributed by atoms with van der Waals surface area (Å²) >= 11 is 1.22. The molecule has 12 nitrogen and oxygen atoms in total. The predicted molar refractivity (Wildman–Crippen MR) is 114 cm³/mol. The molecule has 0 aromatic carbocycles. The van der Waals surface area contributed by atoms with Gasteiger partial charge in [-0.3, -0.25) is 24.3 Å². The number of aromatic nitrogens is 4. The van der Waals surface area contributed by atoms with Gasteiger partial charge in [-0.25, -0.2) is 4.98 Å². The van der Waals surface area contributed by atoms with Crippen LogP contribution in [0.15, 0.2) is 16.0 Å². The van der Waals surface area contributed by atoms with Crippen molar-refractivity contribution in [2.75, 3.05) is 38.6 Å². The number of nitrogens with one attached hydrogen (secondary N) is 2. The molecule has 0 spiro atoms. The lowest BCUT2D eigenvalue weighted by molar-refractivity contribution is -0.133. The molecule has 13 heteroatoms. The van der Waals surface area contributed by atoms with Crippen LogP contribution in [-0.4, -0.2) is 86.5 Å². The van der Waals surface area contributed by atoms with Crippen LogP contribution in [0.3, 0.4) is 0 Å². The lowest BCUT2D eigenvalue weighted by Gasteiger charge is -2.25. The predicted octanol–water partition coefficient (Wildman–Crippen LogP) is -0.480. The van der Waals surface area contributed by atoms with E-state index in [1.54, 1.807) is 11.8 Å². The van der Waals surface area contributed by atoms with Crippen LogP contribution in [0, 0.1) is 18.3 Å². The van der Waals surface area contributed by atoms with E-state index in [0.29, 0.717) is 43.7 Å². The second kappa shape index (κ2) is 10.1. The number of rotatable bonds is 6. The molecule has 32 heavy (non-hydrogen) atoms. The highest BCUT2D eigenvalue weighted by molar-refractivity contribution is 7.99. The fourth-order valence-electron chi connectivity index (χ4n) is 3.92.